The van der Waals surface area contributed by atoms with Crippen molar-refractivity contribution in [3.05, 3.63) is 78.5 Å². The molecule has 0 saturated carbocycles. The summed E-state index contributed by atoms with van der Waals surface area (Å²) in [6.07, 6.45) is 1.46. The smallest absolute Gasteiger partial charge is 0.243 e. The van der Waals surface area contributed by atoms with Gasteiger partial charge in [0.1, 0.15) is 5.82 Å². The summed E-state index contributed by atoms with van der Waals surface area (Å²) in [6, 6.07) is 12.2. The maximum absolute atomic E-state index is 13.1. The Morgan fingerprint density at radius 3 is 2.63 bits per heavy atom. The quantitative estimate of drug-likeness (QED) is 0.580. The first kappa shape index (κ1) is 18.9. The SMILES string of the molecule is C=CCN(Cc1nc(-c2cccc(C)c2)no1)S(=O)(=O)c1ccc(F)cc1. The van der Waals surface area contributed by atoms with Crippen molar-refractivity contribution in [3.63, 3.8) is 0 Å². The lowest BCUT2D eigenvalue weighted by atomic mass is 10.1. The van der Waals surface area contributed by atoms with Gasteiger partial charge in [-0.15, -0.1) is 6.58 Å². The zero-order valence-corrected chi connectivity index (χ0v) is 15.5. The van der Waals surface area contributed by atoms with Crippen LogP contribution in [0, 0.1) is 12.7 Å². The van der Waals surface area contributed by atoms with Crippen LogP contribution >= 0.6 is 0 Å². The average Bonchev–Trinajstić information content (AvgIpc) is 3.10. The van der Waals surface area contributed by atoms with Crippen molar-refractivity contribution < 1.29 is 17.3 Å². The number of benzene rings is 2. The summed E-state index contributed by atoms with van der Waals surface area (Å²) in [5.41, 5.74) is 1.83. The fourth-order valence-corrected chi connectivity index (χ4v) is 3.88. The van der Waals surface area contributed by atoms with Crippen LogP contribution in [0.25, 0.3) is 11.4 Å². The molecule has 0 bridgehead atoms. The van der Waals surface area contributed by atoms with Gasteiger partial charge in [-0.05, 0) is 37.3 Å². The summed E-state index contributed by atoms with van der Waals surface area (Å²) in [7, 11) is -3.87. The minimum atomic E-state index is -3.87. The molecule has 0 fully saturated rings. The fraction of sp³-hybridized carbons (Fsp3) is 0.158. The van der Waals surface area contributed by atoms with Gasteiger partial charge in [0.2, 0.25) is 21.7 Å². The highest BCUT2D eigenvalue weighted by Crippen LogP contribution is 2.21. The first-order chi connectivity index (χ1) is 12.9. The van der Waals surface area contributed by atoms with E-state index in [1.807, 2.05) is 31.2 Å². The third kappa shape index (κ3) is 4.29. The zero-order chi connectivity index (χ0) is 19.4. The van der Waals surface area contributed by atoms with E-state index < -0.39 is 15.8 Å². The molecule has 0 spiro atoms. The van der Waals surface area contributed by atoms with E-state index in [1.54, 1.807) is 0 Å². The zero-order valence-electron chi connectivity index (χ0n) is 14.7. The molecule has 6 nitrogen and oxygen atoms in total. The van der Waals surface area contributed by atoms with Gasteiger partial charge in [-0.25, -0.2) is 12.8 Å². The Labute approximate surface area is 157 Å². The number of halogens is 1. The van der Waals surface area contributed by atoms with Crippen LogP contribution in [0.2, 0.25) is 0 Å². The summed E-state index contributed by atoms with van der Waals surface area (Å²) in [4.78, 5) is 4.26. The first-order valence-electron chi connectivity index (χ1n) is 8.16. The molecule has 0 atom stereocenters. The van der Waals surface area contributed by atoms with Crippen LogP contribution in [-0.2, 0) is 16.6 Å². The molecule has 1 aromatic heterocycles. The second-order valence-electron chi connectivity index (χ2n) is 5.92. The highest BCUT2D eigenvalue weighted by Gasteiger charge is 2.26. The van der Waals surface area contributed by atoms with E-state index in [9.17, 15) is 12.8 Å². The van der Waals surface area contributed by atoms with Gasteiger partial charge in [0.05, 0.1) is 11.4 Å². The minimum absolute atomic E-state index is 0.0239. The lowest BCUT2D eigenvalue weighted by Gasteiger charge is -2.18. The van der Waals surface area contributed by atoms with Gasteiger partial charge in [0.15, 0.2) is 0 Å². The molecule has 1 heterocycles. The maximum Gasteiger partial charge on any atom is 0.243 e. The Bertz CT molecular complexity index is 1050. The molecule has 0 saturated heterocycles. The summed E-state index contributed by atoms with van der Waals surface area (Å²) >= 11 is 0. The molecule has 0 radical (unpaired) electrons. The van der Waals surface area contributed by atoms with E-state index in [2.05, 4.69) is 16.7 Å². The molecule has 27 heavy (non-hydrogen) atoms. The average molecular weight is 387 g/mol. The van der Waals surface area contributed by atoms with Gasteiger partial charge in [0, 0.05) is 12.1 Å². The van der Waals surface area contributed by atoms with Crippen molar-refractivity contribution >= 4 is 10.0 Å². The molecular formula is C19H18FN3O3S. The Kier molecular flexibility index (Phi) is 5.48. The van der Waals surface area contributed by atoms with Crippen molar-refractivity contribution in [1.82, 2.24) is 14.4 Å². The van der Waals surface area contributed by atoms with Crippen LogP contribution in [-0.4, -0.2) is 29.4 Å². The molecule has 3 aromatic rings. The third-order valence-electron chi connectivity index (χ3n) is 3.84. The van der Waals surface area contributed by atoms with Crippen molar-refractivity contribution in [1.29, 1.82) is 0 Å². The maximum atomic E-state index is 13.1. The fourth-order valence-electron chi connectivity index (χ4n) is 2.52. The van der Waals surface area contributed by atoms with E-state index in [-0.39, 0.29) is 23.9 Å². The van der Waals surface area contributed by atoms with Crippen molar-refractivity contribution in [2.45, 2.75) is 18.4 Å². The van der Waals surface area contributed by atoms with E-state index in [0.717, 1.165) is 27.6 Å². The minimum Gasteiger partial charge on any atom is -0.338 e. The monoisotopic (exact) mass is 387 g/mol. The van der Waals surface area contributed by atoms with Gasteiger partial charge in [-0.2, -0.15) is 9.29 Å². The molecular weight excluding hydrogens is 369 g/mol. The van der Waals surface area contributed by atoms with Crippen molar-refractivity contribution in [2.24, 2.45) is 0 Å². The Balaban J connectivity index is 1.87. The Morgan fingerprint density at radius 2 is 1.96 bits per heavy atom. The van der Waals surface area contributed by atoms with Crippen LogP contribution in [0.4, 0.5) is 4.39 Å². The summed E-state index contributed by atoms with van der Waals surface area (Å²) in [5.74, 6) is 0.0226. The molecule has 140 valence electrons. The molecule has 3 rings (SSSR count). The van der Waals surface area contributed by atoms with Crippen LogP contribution in [0.3, 0.4) is 0 Å². The molecule has 0 aliphatic heterocycles. The number of rotatable bonds is 7. The van der Waals surface area contributed by atoms with Crippen LogP contribution in [0.15, 0.2) is 70.6 Å². The predicted octanol–water partition coefficient (Wildman–Crippen LogP) is 3.56. The van der Waals surface area contributed by atoms with E-state index >= 15 is 0 Å². The number of sulfonamides is 1. The number of hydrogen-bond donors (Lipinski definition) is 0. The van der Waals surface area contributed by atoms with E-state index in [0.29, 0.717) is 5.82 Å². The number of hydrogen-bond acceptors (Lipinski definition) is 5. The van der Waals surface area contributed by atoms with Crippen LogP contribution in [0.5, 0.6) is 0 Å². The van der Waals surface area contributed by atoms with Crippen LogP contribution < -0.4 is 0 Å². The molecule has 0 N–H and O–H groups in total. The highest BCUT2D eigenvalue weighted by molar-refractivity contribution is 7.89. The first-order valence-corrected chi connectivity index (χ1v) is 9.60. The van der Waals surface area contributed by atoms with Crippen molar-refractivity contribution in [2.75, 3.05) is 6.54 Å². The lowest BCUT2D eigenvalue weighted by molar-refractivity contribution is 0.327. The van der Waals surface area contributed by atoms with Gasteiger partial charge >= 0.3 is 0 Å². The summed E-state index contributed by atoms with van der Waals surface area (Å²) in [5, 5.41) is 3.92. The number of nitrogens with zero attached hydrogens (tertiary/aromatic N) is 3. The second kappa shape index (κ2) is 7.81. The Morgan fingerprint density at radius 1 is 1.22 bits per heavy atom. The second-order valence-corrected chi connectivity index (χ2v) is 7.86. The third-order valence-corrected chi connectivity index (χ3v) is 5.67. The van der Waals surface area contributed by atoms with Gasteiger partial charge in [-0.3, -0.25) is 0 Å². The highest BCUT2D eigenvalue weighted by atomic mass is 32.2. The lowest BCUT2D eigenvalue weighted by Crippen LogP contribution is -2.31. The van der Waals surface area contributed by atoms with Gasteiger partial charge in [-0.1, -0.05) is 35.0 Å². The van der Waals surface area contributed by atoms with Gasteiger partial charge in [0.25, 0.3) is 0 Å². The number of aryl methyl sites for hydroxylation is 1. The molecule has 0 amide bonds. The van der Waals surface area contributed by atoms with Crippen molar-refractivity contribution in [3.8, 4) is 11.4 Å². The van der Waals surface area contributed by atoms with E-state index in [4.69, 9.17) is 4.52 Å². The summed E-state index contributed by atoms with van der Waals surface area (Å²) in [6.45, 7) is 5.47. The topological polar surface area (TPSA) is 76.3 Å². The Hall–Kier alpha value is -2.84. The van der Waals surface area contributed by atoms with E-state index in [1.165, 1.54) is 18.2 Å². The molecule has 0 aliphatic rings. The number of aromatic nitrogens is 2. The van der Waals surface area contributed by atoms with Gasteiger partial charge < -0.3 is 4.52 Å². The molecule has 2 aromatic carbocycles. The standard InChI is InChI=1S/C19H18FN3O3S/c1-3-11-23(27(24,25)17-9-7-16(20)8-10-17)13-18-21-19(22-26-18)15-6-4-5-14(2)12-15/h3-10,12H,1,11,13H2,2H3. The summed E-state index contributed by atoms with van der Waals surface area (Å²) < 4.78 is 45.1. The van der Waals surface area contributed by atoms with Crippen LogP contribution in [0.1, 0.15) is 11.5 Å². The normalized spacial score (nSPS) is 11.7. The predicted molar refractivity (Wildman–Crippen MR) is 98.7 cm³/mol. The molecule has 0 unspecified atom stereocenters. The molecule has 8 heteroatoms. The largest absolute Gasteiger partial charge is 0.338 e. The molecule has 0 aliphatic carbocycles.